The van der Waals surface area contributed by atoms with Crippen molar-refractivity contribution in [2.24, 2.45) is 0 Å². The average molecular weight is 340 g/mol. The summed E-state index contributed by atoms with van der Waals surface area (Å²) in [6.07, 6.45) is -3.31. The maximum atomic E-state index is 10.4. The highest BCUT2D eigenvalue weighted by Gasteiger charge is 2.44. The van der Waals surface area contributed by atoms with Gasteiger partial charge in [0.1, 0.15) is 30.7 Å². The molecule has 1 aliphatic rings. The van der Waals surface area contributed by atoms with Gasteiger partial charge in [0.2, 0.25) is 6.29 Å². The molecule has 1 heterocycles. The van der Waals surface area contributed by atoms with E-state index in [1.165, 1.54) is 13.2 Å². The first-order valence-corrected chi connectivity index (χ1v) is 7.29. The Hall–Kier alpha value is -1.97. The van der Waals surface area contributed by atoms with E-state index in [0.29, 0.717) is 17.6 Å². The van der Waals surface area contributed by atoms with Crippen LogP contribution in [0.15, 0.2) is 24.3 Å². The Morgan fingerprint density at radius 3 is 2.54 bits per heavy atom. The van der Waals surface area contributed by atoms with Crippen LogP contribution in [-0.2, 0) is 9.53 Å². The Kier molecular flexibility index (Phi) is 6.29. The molecule has 2 rings (SSSR count). The highest BCUT2D eigenvalue weighted by molar-refractivity contribution is 5.74. The highest BCUT2D eigenvalue weighted by atomic mass is 16.7. The smallest absolute Gasteiger partial charge is 0.229 e. The van der Waals surface area contributed by atoms with Gasteiger partial charge in [-0.1, -0.05) is 12.1 Å². The molecule has 132 valence electrons. The largest absolute Gasteiger partial charge is 0.493 e. The monoisotopic (exact) mass is 340 g/mol. The van der Waals surface area contributed by atoms with Crippen LogP contribution in [0.1, 0.15) is 5.56 Å². The first-order valence-electron chi connectivity index (χ1n) is 7.29. The third kappa shape index (κ3) is 3.92. The molecule has 1 saturated heterocycles. The van der Waals surface area contributed by atoms with E-state index in [9.17, 15) is 25.2 Å². The summed E-state index contributed by atoms with van der Waals surface area (Å²) in [5.41, 5.74) is 0.695. The quantitative estimate of drug-likeness (QED) is 0.387. The molecule has 24 heavy (non-hydrogen) atoms. The van der Waals surface area contributed by atoms with Gasteiger partial charge in [-0.05, 0) is 23.8 Å². The Balaban J connectivity index is 2.20. The van der Waals surface area contributed by atoms with Crippen molar-refractivity contribution in [3.8, 4) is 11.5 Å². The minimum absolute atomic E-state index is 0.227. The normalized spacial score (nSPS) is 30.3. The molecule has 0 aliphatic carbocycles. The van der Waals surface area contributed by atoms with E-state index in [1.807, 2.05) is 0 Å². The summed E-state index contributed by atoms with van der Waals surface area (Å²) in [4.78, 5) is 10.4. The van der Waals surface area contributed by atoms with Crippen LogP contribution in [0.5, 0.6) is 11.5 Å². The fourth-order valence-electron chi connectivity index (χ4n) is 2.33. The lowest BCUT2D eigenvalue weighted by molar-refractivity contribution is -0.277. The second kappa shape index (κ2) is 8.22. The molecule has 0 radical (unpaired) electrons. The third-order valence-corrected chi connectivity index (χ3v) is 3.65. The number of benzene rings is 1. The number of aldehydes is 1. The van der Waals surface area contributed by atoms with Crippen LogP contribution in [0.3, 0.4) is 0 Å². The molecular weight excluding hydrogens is 320 g/mol. The molecule has 0 amide bonds. The first kappa shape index (κ1) is 18.4. The summed E-state index contributed by atoms with van der Waals surface area (Å²) in [5.74, 6) is 0.546. The lowest BCUT2D eigenvalue weighted by Crippen LogP contribution is -2.60. The van der Waals surface area contributed by atoms with E-state index in [0.717, 1.165) is 0 Å². The second-order valence-corrected chi connectivity index (χ2v) is 5.22. The molecule has 1 aromatic carbocycles. The van der Waals surface area contributed by atoms with E-state index >= 15 is 0 Å². The zero-order valence-electron chi connectivity index (χ0n) is 13.0. The van der Waals surface area contributed by atoms with E-state index < -0.39 is 37.3 Å². The van der Waals surface area contributed by atoms with Gasteiger partial charge < -0.3 is 34.6 Å². The minimum atomic E-state index is -1.53. The van der Waals surface area contributed by atoms with Crippen molar-refractivity contribution < 1.29 is 39.4 Å². The molecule has 0 spiro atoms. The van der Waals surface area contributed by atoms with E-state index in [1.54, 1.807) is 24.3 Å². The number of allylic oxidation sites excluding steroid dienone is 1. The summed E-state index contributed by atoms with van der Waals surface area (Å²) in [5, 5.41) is 38.7. The van der Waals surface area contributed by atoms with Gasteiger partial charge in [-0.25, -0.2) is 0 Å². The summed E-state index contributed by atoms with van der Waals surface area (Å²) in [6, 6.07) is 4.81. The van der Waals surface area contributed by atoms with Crippen molar-refractivity contribution in [1.82, 2.24) is 0 Å². The number of ether oxygens (including phenoxy) is 3. The molecule has 0 saturated carbocycles. The Morgan fingerprint density at radius 2 is 1.92 bits per heavy atom. The molecule has 0 bridgehead atoms. The average Bonchev–Trinajstić information content (AvgIpc) is 2.61. The predicted octanol–water partition coefficient (Wildman–Crippen LogP) is -0.914. The van der Waals surface area contributed by atoms with Gasteiger partial charge in [-0.3, -0.25) is 4.79 Å². The highest BCUT2D eigenvalue weighted by Crippen LogP contribution is 2.32. The fraction of sp³-hybridized carbons (Fsp3) is 0.438. The Morgan fingerprint density at radius 1 is 1.17 bits per heavy atom. The number of aliphatic hydroxyl groups excluding tert-OH is 4. The molecule has 1 aromatic rings. The zero-order valence-corrected chi connectivity index (χ0v) is 13.0. The van der Waals surface area contributed by atoms with Gasteiger partial charge in [0.05, 0.1) is 13.7 Å². The number of carbonyl (C=O) groups excluding carboxylic acids is 1. The fourth-order valence-corrected chi connectivity index (χ4v) is 2.33. The SMILES string of the molecule is COc1cc(C=CC=O)ccc1OC1OC(CO)C(O)C(O)C1O. The molecule has 8 nitrogen and oxygen atoms in total. The van der Waals surface area contributed by atoms with Crippen molar-refractivity contribution in [1.29, 1.82) is 0 Å². The van der Waals surface area contributed by atoms with Crippen LogP contribution >= 0.6 is 0 Å². The van der Waals surface area contributed by atoms with E-state index in [-0.39, 0.29) is 5.75 Å². The summed E-state index contributed by atoms with van der Waals surface area (Å²) >= 11 is 0. The van der Waals surface area contributed by atoms with Gasteiger partial charge in [0.25, 0.3) is 0 Å². The molecular formula is C16H20O8. The molecule has 0 aromatic heterocycles. The molecule has 1 fully saturated rings. The molecule has 5 unspecified atom stereocenters. The van der Waals surface area contributed by atoms with Crippen molar-refractivity contribution in [2.75, 3.05) is 13.7 Å². The van der Waals surface area contributed by atoms with Crippen LogP contribution in [0.2, 0.25) is 0 Å². The van der Waals surface area contributed by atoms with E-state index in [4.69, 9.17) is 14.2 Å². The number of hydrogen-bond acceptors (Lipinski definition) is 8. The van der Waals surface area contributed by atoms with Gasteiger partial charge in [-0.2, -0.15) is 0 Å². The Labute approximate surface area is 138 Å². The lowest BCUT2D eigenvalue weighted by atomic mass is 9.99. The second-order valence-electron chi connectivity index (χ2n) is 5.22. The minimum Gasteiger partial charge on any atom is -0.493 e. The first-order chi connectivity index (χ1) is 11.5. The number of aliphatic hydroxyl groups is 4. The van der Waals surface area contributed by atoms with Crippen molar-refractivity contribution in [3.63, 3.8) is 0 Å². The molecule has 1 aliphatic heterocycles. The van der Waals surface area contributed by atoms with E-state index in [2.05, 4.69) is 0 Å². The van der Waals surface area contributed by atoms with Gasteiger partial charge in [0.15, 0.2) is 11.5 Å². The lowest BCUT2D eigenvalue weighted by Gasteiger charge is -2.39. The van der Waals surface area contributed by atoms with Crippen LogP contribution in [0.4, 0.5) is 0 Å². The van der Waals surface area contributed by atoms with Gasteiger partial charge >= 0.3 is 0 Å². The van der Waals surface area contributed by atoms with Crippen molar-refractivity contribution in [3.05, 3.63) is 29.8 Å². The number of hydrogen-bond donors (Lipinski definition) is 4. The molecule has 4 N–H and O–H groups in total. The van der Waals surface area contributed by atoms with Crippen molar-refractivity contribution in [2.45, 2.75) is 30.7 Å². The van der Waals surface area contributed by atoms with Crippen LogP contribution in [0.25, 0.3) is 6.08 Å². The number of carbonyl (C=O) groups is 1. The predicted molar refractivity (Wildman–Crippen MR) is 82.5 cm³/mol. The maximum Gasteiger partial charge on any atom is 0.229 e. The maximum absolute atomic E-state index is 10.4. The topological polar surface area (TPSA) is 126 Å². The Bertz CT molecular complexity index is 585. The summed E-state index contributed by atoms with van der Waals surface area (Å²) in [7, 11) is 1.42. The summed E-state index contributed by atoms with van der Waals surface area (Å²) < 4.78 is 16.0. The standard InChI is InChI=1S/C16H20O8/c1-22-11-7-9(3-2-6-17)4-5-10(11)23-16-15(21)14(20)13(19)12(8-18)24-16/h2-7,12-16,18-21H,8H2,1H3. The zero-order chi connectivity index (χ0) is 17.7. The third-order valence-electron chi connectivity index (χ3n) is 3.65. The van der Waals surface area contributed by atoms with Crippen LogP contribution in [-0.4, -0.2) is 71.1 Å². The van der Waals surface area contributed by atoms with Crippen molar-refractivity contribution >= 4 is 12.4 Å². The number of methoxy groups -OCH3 is 1. The molecule has 8 heteroatoms. The van der Waals surface area contributed by atoms with Crippen LogP contribution < -0.4 is 9.47 Å². The summed E-state index contributed by atoms with van der Waals surface area (Å²) in [6.45, 7) is -0.544. The van der Waals surface area contributed by atoms with Gasteiger partial charge in [0, 0.05) is 0 Å². The number of rotatable bonds is 6. The molecule has 5 atom stereocenters. The van der Waals surface area contributed by atoms with Crippen LogP contribution in [0, 0.1) is 0 Å². The van der Waals surface area contributed by atoms with Gasteiger partial charge in [-0.15, -0.1) is 0 Å².